The number of benzene rings is 1. The topological polar surface area (TPSA) is 69.0 Å². The number of carbonyl (C=O) groups excluding carboxylic acids is 2. The van der Waals surface area contributed by atoms with Crippen LogP contribution in [-0.4, -0.2) is 72.8 Å². The Kier molecular flexibility index (Phi) is 7.22. The van der Waals surface area contributed by atoms with Crippen LogP contribution in [-0.2, 0) is 22.7 Å². The van der Waals surface area contributed by atoms with E-state index in [1.54, 1.807) is 25.4 Å². The Balaban J connectivity index is 1.34. The van der Waals surface area contributed by atoms with E-state index in [9.17, 15) is 9.59 Å². The van der Waals surface area contributed by atoms with E-state index in [2.05, 4.69) is 39.4 Å². The van der Waals surface area contributed by atoms with Gasteiger partial charge in [-0.05, 0) is 17.7 Å². The minimum Gasteiger partial charge on any atom is -0.467 e. The Morgan fingerprint density at radius 1 is 1.04 bits per heavy atom. The molecule has 7 heteroatoms. The Bertz CT molecular complexity index is 740. The molecule has 0 unspecified atom stereocenters. The third kappa shape index (κ3) is 6.21. The molecule has 1 aliphatic heterocycles. The fourth-order valence-corrected chi connectivity index (χ4v) is 3.22. The molecule has 1 saturated heterocycles. The van der Waals surface area contributed by atoms with Crippen molar-refractivity contribution in [2.24, 2.45) is 0 Å². The molecule has 150 valence electrons. The van der Waals surface area contributed by atoms with E-state index in [4.69, 9.17) is 4.42 Å². The van der Waals surface area contributed by atoms with Gasteiger partial charge in [0.05, 0.1) is 25.9 Å². The van der Waals surface area contributed by atoms with E-state index in [0.717, 1.165) is 32.7 Å². The van der Waals surface area contributed by atoms with Crippen molar-refractivity contribution in [1.29, 1.82) is 0 Å². The van der Waals surface area contributed by atoms with Crippen LogP contribution >= 0.6 is 0 Å². The first-order valence-electron chi connectivity index (χ1n) is 9.62. The van der Waals surface area contributed by atoms with Crippen molar-refractivity contribution < 1.29 is 14.0 Å². The standard InChI is InChI=1S/C21H28N4O3/c1-23(16-20(26)22-14-19-8-5-13-28-19)21(27)17-25-11-9-24(10-12-25)15-18-6-3-2-4-7-18/h2-8,13H,9-12,14-17H2,1H3,(H,22,26). The smallest absolute Gasteiger partial charge is 0.239 e. The molecule has 0 saturated carbocycles. The van der Waals surface area contributed by atoms with Crippen molar-refractivity contribution >= 4 is 11.8 Å². The fourth-order valence-electron chi connectivity index (χ4n) is 3.22. The van der Waals surface area contributed by atoms with Gasteiger partial charge in [-0.2, -0.15) is 0 Å². The lowest BCUT2D eigenvalue weighted by Crippen LogP contribution is -2.50. The highest BCUT2D eigenvalue weighted by Crippen LogP contribution is 2.08. The summed E-state index contributed by atoms with van der Waals surface area (Å²) in [5, 5.41) is 2.76. The van der Waals surface area contributed by atoms with Crippen LogP contribution in [0.2, 0.25) is 0 Å². The normalized spacial score (nSPS) is 15.3. The summed E-state index contributed by atoms with van der Waals surface area (Å²) in [5.74, 6) is 0.459. The lowest BCUT2D eigenvalue weighted by Gasteiger charge is -2.35. The molecular formula is C21H28N4O3. The first kappa shape index (κ1) is 20.1. The number of amides is 2. The van der Waals surface area contributed by atoms with Crippen LogP contribution < -0.4 is 5.32 Å². The number of rotatable bonds is 8. The summed E-state index contributed by atoms with van der Waals surface area (Å²) in [5.41, 5.74) is 1.31. The van der Waals surface area contributed by atoms with Crippen LogP contribution in [0.5, 0.6) is 0 Å². The van der Waals surface area contributed by atoms with E-state index in [-0.39, 0.29) is 18.4 Å². The molecule has 0 radical (unpaired) electrons. The molecule has 0 atom stereocenters. The molecule has 1 aromatic heterocycles. The first-order chi connectivity index (χ1) is 13.6. The maximum Gasteiger partial charge on any atom is 0.239 e. The molecule has 1 aliphatic rings. The van der Waals surface area contributed by atoms with E-state index in [1.807, 2.05) is 6.07 Å². The maximum absolute atomic E-state index is 12.4. The Morgan fingerprint density at radius 3 is 2.43 bits per heavy atom. The molecule has 28 heavy (non-hydrogen) atoms. The number of hydrogen-bond donors (Lipinski definition) is 1. The van der Waals surface area contributed by atoms with Gasteiger partial charge in [0, 0.05) is 39.8 Å². The van der Waals surface area contributed by atoms with Crippen LogP contribution in [0.3, 0.4) is 0 Å². The molecule has 0 spiro atoms. The number of nitrogens with zero attached hydrogens (tertiary/aromatic N) is 3. The molecule has 1 aromatic carbocycles. The summed E-state index contributed by atoms with van der Waals surface area (Å²) in [6, 6.07) is 14.0. The molecular weight excluding hydrogens is 356 g/mol. The molecule has 0 bridgehead atoms. The van der Waals surface area contributed by atoms with Crippen LogP contribution in [0.1, 0.15) is 11.3 Å². The summed E-state index contributed by atoms with van der Waals surface area (Å²) >= 11 is 0. The molecule has 0 aliphatic carbocycles. The van der Waals surface area contributed by atoms with Crippen molar-refractivity contribution in [1.82, 2.24) is 20.0 Å². The summed E-state index contributed by atoms with van der Waals surface area (Å²) in [6.07, 6.45) is 1.57. The minimum atomic E-state index is -0.195. The van der Waals surface area contributed by atoms with Crippen molar-refractivity contribution in [3.05, 3.63) is 60.1 Å². The van der Waals surface area contributed by atoms with Crippen LogP contribution in [0, 0.1) is 0 Å². The van der Waals surface area contributed by atoms with Gasteiger partial charge in [0.25, 0.3) is 0 Å². The highest BCUT2D eigenvalue weighted by atomic mass is 16.3. The van der Waals surface area contributed by atoms with Gasteiger partial charge in [-0.25, -0.2) is 0 Å². The average molecular weight is 384 g/mol. The van der Waals surface area contributed by atoms with Crippen molar-refractivity contribution in [3.8, 4) is 0 Å². The fraction of sp³-hybridized carbons (Fsp3) is 0.429. The second-order valence-corrected chi connectivity index (χ2v) is 7.14. The summed E-state index contributed by atoms with van der Waals surface area (Å²) in [6.45, 7) is 5.27. The minimum absolute atomic E-state index is 0.0374. The Hall–Kier alpha value is -2.64. The third-order valence-corrected chi connectivity index (χ3v) is 4.92. The quantitative estimate of drug-likeness (QED) is 0.740. The number of furan rings is 1. The van der Waals surface area contributed by atoms with Crippen LogP contribution in [0.25, 0.3) is 0 Å². The number of piperazine rings is 1. The summed E-state index contributed by atoms with van der Waals surface area (Å²) < 4.78 is 5.18. The van der Waals surface area contributed by atoms with Gasteiger partial charge in [0.15, 0.2) is 0 Å². The second-order valence-electron chi connectivity index (χ2n) is 7.14. The number of nitrogens with one attached hydrogen (secondary N) is 1. The molecule has 2 aromatic rings. The third-order valence-electron chi connectivity index (χ3n) is 4.92. The zero-order valence-electron chi connectivity index (χ0n) is 16.3. The number of carbonyl (C=O) groups is 2. The lowest BCUT2D eigenvalue weighted by atomic mass is 10.2. The van der Waals surface area contributed by atoms with E-state index >= 15 is 0 Å². The van der Waals surface area contributed by atoms with Gasteiger partial charge >= 0.3 is 0 Å². The van der Waals surface area contributed by atoms with E-state index in [0.29, 0.717) is 18.8 Å². The molecule has 1 fully saturated rings. The van der Waals surface area contributed by atoms with E-state index in [1.165, 1.54) is 10.5 Å². The van der Waals surface area contributed by atoms with Gasteiger partial charge in [-0.3, -0.25) is 19.4 Å². The molecule has 1 N–H and O–H groups in total. The zero-order valence-corrected chi connectivity index (χ0v) is 16.3. The van der Waals surface area contributed by atoms with Crippen molar-refractivity contribution in [3.63, 3.8) is 0 Å². The average Bonchev–Trinajstić information content (AvgIpc) is 3.22. The Morgan fingerprint density at radius 2 is 1.75 bits per heavy atom. The molecule has 2 heterocycles. The monoisotopic (exact) mass is 384 g/mol. The van der Waals surface area contributed by atoms with Gasteiger partial charge in [0.2, 0.25) is 11.8 Å². The van der Waals surface area contributed by atoms with Crippen LogP contribution in [0.15, 0.2) is 53.1 Å². The maximum atomic E-state index is 12.4. The highest BCUT2D eigenvalue weighted by Gasteiger charge is 2.21. The molecule has 2 amide bonds. The molecule has 7 nitrogen and oxygen atoms in total. The number of likely N-dealkylation sites (N-methyl/N-ethyl adjacent to an activating group) is 1. The van der Waals surface area contributed by atoms with Crippen LogP contribution in [0.4, 0.5) is 0 Å². The van der Waals surface area contributed by atoms with Gasteiger partial charge < -0.3 is 14.6 Å². The largest absolute Gasteiger partial charge is 0.467 e. The van der Waals surface area contributed by atoms with Gasteiger partial charge in [0.1, 0.15) is 5.76 Å². The van der Waals surface area contributed by atoms with E-state index < -0.39 is 0 Å². The SMILES string of the molecule is CN(CC(=O)NCc1ccco1)C(=O)CN1CCN(Cc2ccccc2)CC1. The zero-order chi connectivity index (χ0) is 19.8. The summed E-state index contributed by atoms with van der Waals surface area (Å²) in [7, 11) is 1.67. The highest BCUT2D eigenvalue weighted by molar-refractivity contribution is 5.85. The lowest BCUT2D eigenvalue weighted by molar-refractivity contribution is -0.136. The Labute approximate surface area is 165 Å². The number of hydrogen-bond acceptors (Lipinski definition) is 5. The van der Waals surface area contributed by atoms with Gasteiger partial charge in [-0.15, -0.1) is 0 Å². The van der Waals surface area contributed by atoms with Crippen molar-refractivity contribution in [2.75, 3.05) is 46.3 Å². The van der Waals surface area contributed by atoms with Gasteiger partial charge in [-0.1, -0.05) is 30.3 Å². The summed E-state index contributed by atoms with van der Waals surface area (Å²) in [4.78, 5) is 30.5. The van der Waals surface area contributed by atoms with Crippen molar-refractivity contribution in [2.45, 2.75) is 13.1 Å². The second kappa shape index (κ2) is 10.1. The predicted octanol–water partition coefficient (Wildman–Crippen LogP) is 1.17. The molecule has 3 rings (SSSR count). The first-order valence-corrected chi connectivity index (χ1v) is 9.62. The predicted molar refractivity (Wildman–Crippen MR) is 106 cm³/mol.